The predicted octanol–water partition coefficient (Wildman–Crippen LogP) is 3.57. The second kappa shape index (κ2) is 7.40. The van der Waals surface area contributed by atoms with Crippen molar-refractivity contribution in [3.05, 3.63) is 45.1 Å². The highest BCUT2D eigenvalue weighted by Gasteiger charge is 2.18. The average molecular weight is 390 g/mol. The van der Waals surface area contributed by atoms with Crippen LogP contribution in [-0.4, -0.2) is 21.6 Å². The van der Waals surface area contributed by atoms with E-state index in [0.29, 0.717) is 24.5 Å². The molecule has 4 nitrogen and oxygen atoms in total. The predicted molar refractivity (Wildman–Crippen MR) is 88.5 cm³/mol. The summed E-state index contributed by atoms with van der Waals surface area (Å²) in [6, 6.07) is 11.1. The van der Waals surface area contributed by atoms with Crippen molar-refractivity contribution in [2.75, 3.05) is 13.2 Å². The number of nitrogens with one attached hydrogen (secondary N) is 1. The van der Waals surface area contributed by atoms with Crippen molar-refractivity contribution in [2.45, 2.75) is 18.2 Å². The summed E-state index contributed by atoms with van der Waals surface area (Å²) in [5.41, 5.74) is 0. The Balaban J connectivity index is 1.79. The number of rotatable bonds is 7. The Morgan fingerprint density at radius 3 is 2.62 bits per heavy atom. The lowest BCUT2D eigenvalue weighted by atomic mass is 10.3. The SMILES string of the molecule is Cc1sc(Br)cc1S(=O)(=O)NCCCOc1ccccc1. The molecule has 0 atom stereocenters. The number of hydrogen-bond acceptors (Lipinski definition) is 4. The third kappa shape index (κ3) is 4.81. The number of hydrogen-bond donors (Lipinski definition) is 1. The summed E-state index contributed by atoms with van der Waals surface area (Å²) in [5.74, 6) is 0.790. The average Bonchev–Trinajstić information content (AvgIpc) is 2.79. The van der Waals surface area contributed by atoms with E-state index in [1.165, 1.54) is 11.3 Å². The topological polar surface area (TPSA) is 55.4 Å². The Hall–Kier alpha value is -0.890. The van der Waals surface area contributed by atoms with E-state index in [1.54, 1.807) is 13.0 Å². The molecule has 1 N–H and O–H groups in total. The van der Waals surface area contributed by atoms with E-state index < -0.39 is 10.0 Å². The largest absolute Gasteiger partial charge is 0.494 e. The second-order valence-electron chi connectivity index (χ2n) is 4.38. The Labute approximate surface area is 137 Å². The van der Waals surface area contributed by atoms with Gasteiger partial charge < -0.3 is 4.74 Å². The highest BCUT2D eigenvalue weighted by atomic mass is 79.9. The van der Waals surface area contributed by atoms with E-state index in [2.05, 4.69) is 20.7 Å². The molecule has 1 heterocycles. The van der Waals surface area contributed by atoms with Gasteiger partial charge in [0.1, 0.15) is 5.75 Å². The number of thiophene rings is 1. The summed E-state index contributed by atoms with van der Waals surface area (Å²) in [7, 11) is -3.44. The van der Waals surface area contributed by atoms with Gasteiger partial charge in [-0.15, -0.1) is 11.3 Å². The molecule has 1 aromatic heterocycles. The third-order valence-electron chi connectivity index (χ3n) is 2.76. The molecular formula is C14H16BrNO3S2. The van der Waals surface area contributed by atoms with Gasteiger partial charge in [-0.1, -0.05) is 18.2 Å². The molecule has 0 aliphatic heterocycles. The molecule has 21 heavy (non-hydrogen) atoms. The monoisotopic (exact) mass is 389 g/mol. The summed E-state index contributed by atoms with van der Waals surface area (Å²) < 4.78 is 33.2. The maximum absolute atomic E-state index is 12.1. The van der Waals surface area contributed by atoms with Crippen molar-refractivity contribution in [2.24, 2.45) is 0 Å². The van der Waals surface area contributed by atoms with Crippen LogP contribution in [0.1, 0.15) is 11.3 Å². The van der Waals surface area contributed by atoms with Gasteiger partial charge in [-0.05, 0) is 47.5 Å². The number of sulfonamides is 1. The van der Waals surface area contributed by atoms with Crippen LogP contribution in [0, 0.1) is 6.92 Å². The first-order valence-corrected chi connectivity index (χ1v) is 9.52. The van der Waals surface area contributed by atoms with Crippen molar-refractivity contribution in [1.82, 2.24) is 4.72 Å². The minimum Gasteiger partial charge on any atom is -0.494 e. The fourth-order valence-corrected chi connectivity index (χ4v) is 5.25. The fraction of sp³-hybridized carbons (Fsp3) is 0.286. The van der Waals surface area contributed by atoms with Crippen LogP contribution in [0.25, 0.3) is 0 Å². The van der Waals surface area contributed by atoms with E-state index in [9.17, 15) is 8.42 Å². The first-order valence-electron chi connectivity index (χ1n) is 6.42. The van der Waals surface area contributed by atoms with Gasteiger partial charge in [0.15, 0.2) is 0 Å². The molecule has 7 heteroatoms. The van der Waals surface area contributed by atoms with E-state index in [1.807, 2.05) is 30.3 Å². The molecule has 0 bridgehead atoms. The third-order valence-corrected chi connectivity index (χ3v) is 6.03. The van der Waals surface area contributed by atoms with Gasteiger partial charge in [-0.2, -0.15) is 0 Å². The van der Waals surface area contributed by atoms with Crippen molar-refractivity contribution < 1.29 is 13.2 Å². The number of benzene rings is 1. The maximum atomic E-state index is 12.1. The van der Waals surface area contributed by atoms with Crippen LogP contribution < -0.4 is 9.46 Å². The minimum absolute atomic E-state index is 0.336. The van der Waals surface area contributed by atoms with Gasteiger partial charge >= 0.3 is 0 Å². The molecule has 2 rings (SSSR count). The molecule has 0 amide bonds. The maximum Gasteiger partial charge on any atom is 0.241 e. The van der Waals surface area contributed by atoms with E-state index in [4.69, 9.17) is 4.74 Å². The van der Waals surface area contributed by atoms with Gasteiger partial charge in [-0.3, -0.25) is 0 Å². The molecule has 2 aromatic rings. The second-order valence-corrected chi connectivity index (χ2v) is 8.75. The summed E-state index contributed by atoms with van der Waals surface area (Å²) in [6.45, 7) is 2.61. The summed E-state index contributed by atoms with van der Waals surface area (Å²) >= 11 is 4.71. The standard InChI is InChI=1S/C14H16BrNO3S2/c1-11-13(10-14(15)20-11)21(17,18)16-8-5-9-19-12-6-3-2-4-7-12/h2-4,6-7,10,16H,5,8-9H2,1H3. The number of ether oxygens (including phenoxy) is 1. The van der Waals surface area contributed by atoms with Crippen LogP contribution in [0.5, 0.6) is 5.75 Å². The molecule has 0 fully saturated rings. The number of aryl methyl sites for hydroxylation is 1. The lowest BCUT2D eigenvalue weighted by Crippen LogP contribution is -2.26. The van der Waals surface area contributed by atoms with Crippen LogP contribution in [0.15, 0.2) is 45.1 Å². The molecule has 0 aliphatic rings. The highest BCUT2D eigenvalue weighted by molar-refractivity contribution is 9.11. The van der Waals surface area contributed by atoms with Gasteiger partial charge in [0, 0.05) is 11.4 Å². The Kier molecular flexibility index (Phi) is 5.80. The van der Waals surface area contributed by atoms with Crippen molar-refractivity contribution in [3.8, 4) is 5.75 Å². The highest BCUT2D eigenvalue weighted by Crippen LogP contribution is 2.29. The lowest BCUT2D eigenvalue weighted by molar-refractivity contribution is 0.311. The molecular weight excluding hydrogens is 374 g/mol. The van der Waals surface area contributed by atoms with E-state index >= 15 is 0 Å². The summed E-state index contributed by atoms with van der Waals surface area (Å²) in [6.07, 6.45) is 0.610. The Bertz CT molecular complexity index is 683. The van der Waals surface area contributed by atoms with E-state index in [0.717, 1.165) is 14.4 Å². The van der Waals surface area contributed by atoms with Gasteiger partial charge in [-0.25, -0.2) is 13.1 Å². The number of para-hydroxylation sites is 1. The van der Waals surface area contributed by atoms with Crippen LogP contribution in [0.3, 0.4) is 0 Å². The smallest absolute Gasteiger partial charge is 0.241 e. The summed E-state index contributed by atoms with van der Waals surface area (Å²) in [4.78, 5) is 1.11. The van der Waals surface area contributed by atoms with Gasteiger partial charge in [0.25, 0.3) is 0 Å². The zero-order chi connectivity index (χ0) is 15.3. The lowest BCUT2D eigenvalue weighted by Gasteiger charge is -2.07. The zero-order valence-electron chi connectivity index (χ0n) is 11.5. The van der Waals surface area contributed by atoms with Gasteiger partial charge in [0.05, 0.1) is 15.3 Å². The van der Waals surface area contributed by atoms with E-state index in [-0.39, 0.29) is 0 Å². The fourth-order valence-electron chi connectivity index (χ4n) is 1.76. The zero-order valence-corrected chi connectivity index (χ0v) is 14.7. The van der Waals surface area contributed by atoms with Crippen molar-refractivity contribution >= 4 is 37.3 Å². The molecule has 1 aromatic carbocycles. The van der Waals surface area contributed by atoms with Gasteiger partial charge in [0.2, 0.25) is 10.0 Å². The molecule has 0 saturated heterocycles. The molecule has 0 aliphatic carbocycles. The Morgan fingerprint density at radius 2 is 2.00 bits per heavy atom. The first-order chi connectivity index (χ1) is 9.99. The number of halogens is 1. The van der Waals surface area contributed by atoms with Crippen LogP contribution in [0.2, 0.25) is 0 Å². The van der Waals surface area contributed by atoms with Crippen LogP contribution >= 0.6 is 27.3 Å². The quantitative estimate of drug-likeness (QED) is 0.736. The van der Waals surface area contributed by atoms with Crippen molar-refractivity contribution in [3.63, 3.8) is 0 Å². The molecule has 0 unspecified atom stereocenters. The minimum atomic E-state index is -3.44. The first kappa shape index (κ1) is 16.5. The molecule has 114 valence electrons. The normalized spacial score (nSPS) is 11.5. The molecule has 0 spiro atoms. The molecule has 0 saturated carbocycles. The van der Waals surface area contributed by atoms with Crippen LogP contribution in [0.4, 0.5) is 0 Å². The van der Waals surface area contributed by atoms with Crippen LogP contribution in [-0.2, 0) is 10.0 Å². The Morgan fingerprint density at radius 1 is 1.29 bits per heavy atom. The molecule has 0 radical (unpaired) electrons. The summed E-state index contributed by atoms with van der Waals surface area (Å²) in [5, 5.41) is 0. The van der Waals surface area contributed by atoms with Crippen molar-refractivity contribution in [1.29, 1.82) is 0 Å².